The van der Waals surface area contributed by atoms with Gasteiger partial charge in [-0.1, -0.05) is 25.6 Å². The lowest BCUT2D eigenvalue weighted by Crippen LogP contribution is -2.30. The molecule has 1 fully saturated rings. The van der Waals surface area contributed by atoms with Crippen LogP contribution in [0.4, 0.5) is 5.69 Å². The normalized spacial score (nSPS) is 22.2. The number of amidine groups is 1. The maximum absolute atomic E-state index is 4.76. The van der Waals surface area contributed by atoms with Crippen molar-refractivity contribution in [1.82, 2.24) is 9.88 Å². The van der Waals surface area contributed by atoms with Crippen LogP contribution in [0, 0.1) is 12.8 Å². The van der Waals surface area contributed by atoms with Crippen LogP contribution in [0.1, 0.15) is 25.8 Å². The van der Waals surface area contributed by atoms with Gasteiger partial charge in [-0.05, 0) is 30.9 Å². The lowest BCUT2D eigenvalue weighted by Gasteiger charge is -2.22. The molecule has 0 aromatic carbocycles. The molecule has 1 aliphatic heterocycles. The number of pyridine rings is 1. The van der Waals surface area contributed by atoms with E-state index in [1.807, 2.05) is 24.0 Å². The highest BCUT2D eigenvalue weighted by atomic mass is 32.2. The first kappa shape index (κ1) is 13.4. The second-order valence-electron chi connectivity index (χ2n) is 5.26. The number of aromatic nitrogens is 1. The van der Waals surface area contributed by atoms with E-state index in [0.29, 0.717) is 6.04 Å². The standard InChI is InChI=1S/C14H21N3S/c1-10(2)7-12-9-18-14(17(12)4)16-13-5-6-15-8-11(13)3/h5-6,8,10,12H,7,9H2,1-4H3/t12-/m0/s1. The monoisotopic (exact) mass is 263 g/mol. The van der Waals surface area contributed by atoms with Crippen LogP contribution in [-0.2, 0) is 0 Å². The molecule has 0 radical (unpaired) electrons. The molecule has 18 heavy (non-hydrogen) atoms. The maximum Gasteiger partial charge on any atom is 0.164 e. The van der Waals surface area contributed by atoms with Crippen LogP contribution in [0.5, 0.6) is 0 Å². The molecule has 1 aliphatic rings. The van der Waals surface area contributed by atoms with E-state index in [-0.39, 0.29) is 0 Å². The quantitative estimate of drug-likeness (QED) is 0.836. The second-order valence-corrected chi connectivity index (χ2v) is 6.25. The Kier molecular flexibility index (Phi) is 4.27. The van der Waals surface area contributed by atoms with Crippen molar-refractivity contribution in [3.63, 3.8) is 0 Å². The van der Waals surface area contributed by atoms with Crippen molar-refractivity contribution < 1.29 is 0 Å². The van der Waals surface area contributed by atoms with Crippen LogP contribution in [0.15, 0.2) is 23.5 Å². The number of thioether (sulfide) groups is 1. The molecule has 3 nitrogen and oxygen atoms in total. The van der Waals surface area contributed by atoms with Crippen LogP contribution >= 0.6 is 11.8 Å². The molecule has 1 aromatic heterocycles. The first-order chi connectivity index (χ1) is 8.58. The Morgan fingerprint density at radius 3 is 3.00 bits per heavy atom. The highest BCUT2D eigenvalue weighted by molar-refractivity contribution is 8.14. The Morgan fingerprint density at radius 1 is 1.56 bits per heavy atom. The van der Waals surface area contributed by atoms with Gasteiger partial charge in [-0.3, -0.25) is 4.98 Å². The van der Waals surface area contributed by atoms with Crippen molar-refractivity contribution in [3.8, 4) is 0 Å². The average Bonchev–Trinajstić information content (AvgIpc) is 2.64. The first-order valence-corrected chi connectivity index (χ1v) is 7.41. The Bertz CT molecular complexity index is 442. The Labute approximate surface area is 114 Å². The molecule has 0 saturated carbocycles. The van der Waals surface area contributed by atoms with Crippen molar-refractivity contribution in [3.05, 3.63) is 24.0 Å². The third-order valence-electron chi connectivity index (χ3n) is 3.20. The molecule has 2 rings (SSSR count). The highest BCUT2D eigenvalue weighted by Crippen LogP contribution is 2.29. The summed E-state index contributed by atoms with van der Waals surface area (Å²) in [5.41, 5.74) is 2.16. The van der Waals surface area contributed by atoms with Gasteiger partial charge in [0, 0.05) is 31.2 Å². The fourth-order valence-electron chi connectivity index (χ4n) is 2.12. The van der Waals surface area contributed by atoms with Gasteiger partial charge in [-0.15, -0.1) is 0 Å². The fourth-order valence-corrected chi connectivity index (χ4v) is 3.33. The smallest absolute Gasteiger partial charge is 0.164 e. The SMILES string of the molecule is Cc1cnccc1N=C1SC[C@H](CC(C)C)N1C. The van der Waals surface area contributed by atoms with Gasteiger partial charge in [0.1, 0.15) is 0 Å². The summed E-state index contributed by atoms with van der Waals surface area (Å²) in [7, 11) is 2.16. The van der Waals surface area contributed by atoms with Gasteiger partial charge in [-0.25, -0.2) is 4.99 Å². The van der Waals surface area contributed by atoms with E-state index in [4.69, 9.17) is 4.99 Å². The number of aliphatic imine (C=N–C) groups is 1. The lowest BCUT2D eigenvalue weighted by atomic mass is 10.0. The largest absolute Gasteiger partial charge is 0.350 e. The molecule has 0 amide bonds. The molecule has 4 heteroatoms. The summed E-state index contributed by atoms with van der Waals surface area (Å²) in [5.74, 6) is 1.89. The van der Waals surface area contributed by atoms with Crippen molar-refractivity contribution in [1.29, 1.82) is 0 Å². The van der Waals surface area contributed by atoms with Crippen LogP contribution in [0.3, 0.4) is 0 Å². The summed E-state index contributed by atoms with van der Waals surface area (Å²) in [6.07, 6.45) is 4.90. The molecule has 0 bridgehead atoms. The van der Waals surface area contributed by atoms with E-state index in [9.17, 15) is 0 Å². The minimum Gasteiger partial charge on any atom is -0.350 e. The highest BCUT2D eigenvalue weighted by Gasteiger charge is 2.27. The maximum atomic E-state index is 4.76. The van der Waals surface area contributed by atoms with Gasteiger partial charge >= 0.3 is 0 Å². The Balaban J connectivity index is 2.14. The molecular weight excluding hydrogens is 242 g/mol. The summed E-state index contributed by atoms with van der Waals surface area (Å²) < 4.78 is 0. The molecule has 1 aromatic rings. The van der Waals surface area contributed by atoms with Crippen LogP contribution in [0.2, 0.25) is 0 Å². The van der Waals surface area contributed by atoms with E-state index in [1.165, 1.54) is 6.42 Å². The van der Waals surface area contributed by atoms with E-state index < -0.39 is 0 Å². The summed E-state index contributed by atoms with van der Waals surface area (Å²) in [6.45, 7) is 6.61. The fraction of sp³-hybridized carbons (Fsp3) is 0.571. The topological polar surface area (TPSA) is 28.5 Å². The van der Waals surface area contributed by atoms with Gasteiger partial charge in [-0.2, -0.15) is 0 Å². The zero-order chi connectivity index (χ0) is 13.1. The first-order valence-electron chi connectivity index (χ1n) is 6.43. The minimum absolute atomic E-state index is 0.621. The Hall–Kier alpha value is -1.03. The van der Waals surface area contributed by atoms with Crippen molar-refractivity contribution in [2.24, 2.45) is 10.9 Å². The number of hydrogen-bond donors (Lipinski definition) is 0. The van der Waals surface area contributed by atoms with Gasteiger partial charge in [0.2, 0.25) is 0 Å². The molecule has 1 atom stereocenters. The molecule has 0 aliphatic carbocycles. The number of nitrogens with zero attached hydrogens (tertiary/aromatic N) is 3. The van der Waals surface area contributed by atoms with Gasteiger partial charge in [0.15, 0.2) is 5.17 Å². The summed E-state index contributed by atoms with van der Waals surface area (Å²) in [5, 5.41) is 1.13. The molecule has 98 valence electrons. The molecule has 2 heterocycles. The Morgan fingerprint density at radius 2 is 2.33 bits per heavy atom. The van der Waals surface area contributed by atoms with Crippen molar-refractivity contribution >= 4 is 22.6 Å². The summed E-state index contributed by atoms with van der Waals surface area (Å²) in [4.78, 5) is 11.2. The summed E-state index contributed by atoms with van der Waals surface area (Å²) >= 11 is 1.86. The van der Waals surface area contributed by atoms with E-state index >= 15 is 0 Å². The van der Waals surface area contributed by atoms with E-state index in [0.717, 1.165) is 28.1 Å². The average molecular weight is 263 g/mol. The van der Waals surface area contributed by atoms with E-state index in [1.54, 1.807) is 6.20 Å². The predicted octanol–water partition coefficient (Wildman–Crippen LogP) is 3.47. The number of hydrogen-bond acceptors (Lipinski definition) is 3. The van der Waals surface area contributed by atoms with Crippen LogP contribution in [0.25, 0.3) is 0 Å². The number of rotatable bonds is 3. The van der Waals surface area contributed by atoms with Crippen molar-refractivity contribution in [2.75, 3.05) is 12.8 Å². The molecular formula is C14H21N3S. The molecule has 1 saturated heterocycles. The second kappa shape index (κ2) is 5.74. The third kappa shape index (κ3) is 3.05. The zero-order valence-electron chi connectivity index (χ0n) is 11.6. The lowest BCUT2D eigenvalue weighted by molar-refractivity contribution is 0.351. The molecule has 0 N–H and O–H groups in total. The zero-order valence-corrected chi connectivity index (χ0v) is 12.4. The predicted molar refractivity (Wildman–Crippen MR) is 79.5 cm³/mol. The molecule has 0 spiro atoms. The number of aryl methyl sites for hydroxylation is 1. The molecule has 0 unspecified atom stereocenters. The van der Waals surface area contributed by atoms with Crippen molar-refractivity contribution in [2.45, 2.75) is 33.2 Å². The van der Waals surface area contributed by atoms with Gasteiger partial charge in [0.25, 0.3) is 0 Å². The van der Waals surface area contributed by atoms with Gasteiger partial charge < -0.3 is 4.90 Å². The summed E-state index contributed by atoms with van der Waals surface area (Å²) in [6, 6.07) is 2.60. The van der Waals surface area contributed by atoms with Crippen LogP contribution < -0.4 is 0 Å². The third-order valence-corrected chi connectivity index (χ3v) is 4.39. The van der Waals surface area contributed by atoms with Crippen LogP contribution in [-0.4, -0.2) is 33.9 Å². The minimum atomic E-state index is 0.621. The van der Waals surface area contributed by atoms with Gasteiger partial charge in [0.05, 0.1) is 5.69 Å². The van der Waals surface area contributed by atoms with E-state index in [2.05, 4.69) is 37.7 Å².